The monoisotopic (exact) mass is 152 g/mol. The second-order valence-corrected chi connectivity index (χ2v) is 4.48. The zero-order chi connectivity index (χ0) is 7.00. The third-order valence-electron chi connectivity index (χ3n) is 3.91. The van der Waals surface area contributed by atoms with Gasteiger partial charge in [-0.25, -0.2) is 0 Å². The van der Waals surface area contributed by atoms with Crippen molar-refractivity contribution in [3.05, 3.63) is 0 Å². The molecule has 0 aromatic rings. The van der Waals surface area contributed by atoms with Crippen LogP contribution in [-0.4, -0.2) is 24.4 Å². The van der Waals surface area contributed by atoms with Gasteiger partial charge >= 0.3 is 0 Å². The van der Waals surface area contributed by atoms with Gasteiger partial charge in [0.05, 0.1) is 24.4 Å². The van der Waals surface area contributed by atoms with Gasteiger partial charge in [-0.05, 0) is 31.1 Å². The number of hydrogen-bond acceptors (Lipinski definition) is 2. The van der Waals surface area contributed by atoms with E-state index in [4.69, 9.17) is 9.47 Å². The molecule has 2 nitrogen and oxygen atoms in total. The molecule has 4 fully saturated rings. The van der Waals surface area contributed by atoms with Crippen molar-refractivity contribution in [2.24, 2.45) is 11.8 Å². The zero-order valence-electron chi connectivity index (χ0n) is 6.40. The Labute approximate surface area is 65.9 Å². The average Bonchev–Trinajstić information content (AvgIpc) is 2.84. The second-order valence-electron chi connectivity index (χ2n) is 4.48. The van der Waals surface area contributed by atoms with Crippen molar-refractivity contribution >= 4 is 0 Å². The highest BCUT2D eigenvalue weighted by Gasteiger charge is 2.61. The first-order valence-electron chi connectivity index (χ1n) is 4.73. The molecule has 2 aliphatic heterocycles. The minimum Gasteiger partial charge on any atom is -0.370 e. The summed E-state index contributed by atoms with van der Waals surface area (Å²) in [6.45, 7) is 0. The van der Waals surface area contributed by atoms with E-state index in [1.807, 2.05) is 0 Å². The highest BCUT2D eigenvalue weighted by Crippen LogP contribution is 2.56. The molecule has 6 atom stereocenters. The summed E-state index contributed by atoms with van der Waals surface area (Å²) < 4.78 is 11.1. The van der Waals surface area contributed by atoms with E-state index in [0.717, 1.165) is 11.8 Å². The number of ether oxygens (including phenoxy) is 2. The summed E-state index contributed by atoms with van der Waals surface area (Å²) in [6.07, 6.45) is 6.60. The van der Waals surface area contributed by atoms with Gasteiger partial charge in [-0.1, -0.05) is 0 Å². The van der Waals surface area contributed by atoms with Gasteiger partial charge in [0.1, 0.15) is 0 Å². The molecule has 0 bridgehead atoms. The molecule has 11 heavy (non-hydrogen) atoms. The maximum absolute atomic E-state index is 5.53. The lowest BCUT2D eigenvalue weighted by Gasteiger charge is -2.23. The fourth-order valence-corrected chi connectivity index (χ4v) is 3.22. The number of fused-ring (bicyclic) bond motifs is 4. The van der Waals surface area contributed by atoms with Crippen LogP contribution in [0.1, 0.15) is 19.3 Å². The van der Waals surface area contributed by atoms with Crippen molar-refractivity contribution in [2.45, 2.75) is 43.7 Å². The molecule has 0 N–H and O–H groups in total. The predicted molar refractivity (Wildman–Crippen MR) is 38.2 cm³/mol. The SMILES string of the molecule is C1[C@@H]2C[C@H]3O[C@H]3C[C@@H]2[C@H]2O[C@@H]12. The van der Waals surface area contributed by atoms with Gasteiger partial charge < -0.3 is 9.47 Å². The lowest BCUT2D eigenvalue weighted by atomic mass is 9.81. The molecule has 2 aliphatic carbocycles. The van der Waals surface area contributed by atoms with Crippen LogP contribution in [0.25, 0.3) is 0 Å². The number of hydrogen-bond donors (Lipinski definition) is 0. The Hall–Kier alpha value is -0.0800. The van der Waals surface area contributed by atoms with Gasteiger partial charge in [0.25, 0.3) is 0 Å². The van der Waals surface area contributed by atoms with Crippen LogP contribution in [0.2, 0.25) is 0 Å². The van der Waals surface area contributed by atoms with E-state index in [1.165, 1.54) is 19.3 Å². The first-order chi connectivity index (χ1) is 5.42. The van der Waals surface area contributed by atoms with E-state index in [2.05, 4.69) is 0 Å². The molecule has 0 amide bonds. The fourth-order valence-electron chi connectivity index (χ4n) is 3.22. The van der Waals surface area contributed by atoms with E-state index in [-0.39, 0.29) is 0 Å². The van der Waals surface area contributed by atoms with Gasteiger partial charge in [0.15, 0.2) is 0 Å². The van der Waals surface area contributed by atoms with Gasteiger partial charge in [-0.2, -0.15) is 0 Å². The first-order valence-corrected chi connectivity index (χ1v) is 4.73. The lowest BCUT2D eigenvalue weighted by molar-refractivity contribution is 0.171. The topological polar surface area (TPSA) is 25.1 Å². The molecule has 2 heterocycles. The summed E-state index contributed by atoms with van der Waals surface area (Å²) in [5, 5.41) is 0. The van der Waals surface area contributed by atoms with Gasteiger partial charge in [0, 0.05) is 0 Å². The van der Waals surface area contributed by atoms with Crippen molar-refractivity contribution in [1.29, 1.82) is 0 Å². The van der Waals surface area contributed by atoms with Crippen molar-refractivity contribution < 1.29 is 9.47 Å². The minimum absolute atomic E-state index is 0.638. The highest BCUT2D eigenvalue weighted by molar-refractivity contribution is 5.09. The molecule has 0 aromatic heterocycles. The molecule has 4 aliphatic rings. The molecule has 2 heteroatoms. The smallest absolute Gasteiger partial charge is 0.0873 e. The maximum atomic E-state index is 5.53. The maximum Gasteiger partial charge on any atom is 0.0873 e. The largest absolute Gasteiger partial charge is 0.370 e. The summed E-state index contributed by atoms with van der Waals surface area (Å²) >= 11 is 0. The molecule has 2 saturated carbocycles. The Bertz CT molecular complexity index is 216. The summed E-state index contributed by atoms with van der Waals surface area (Å²) in [5.74, 6) is 1.84. The summed E-state index contributed by atoms with van der Waals surface area (Å²) in [7, 11) is 0. The molecule has 0 aromatic carbocycles. The van der Waals surface area contributed by atoms with E-state index in [9.17, 15) is 0 Å². The van der Waals surface area contributed by atoms with Crippen LogP contribution in [0, 0.1) is 11.8 Å². The Morgan fingerprint density at radius 3 is 2.64 bits per heavy atom. The minimum atomic E-state index is 0.638. The molecule has 60 valence electrons. The van der Waals surface area contributed by atoms with Crippen molar-refractivity contribution in [1.82, 2.24) is 0 Å². The van der Waals surface area contributed by atoms with Crippen LogP contribution in [0.5, 0.6) is 0 Å². The third-order valence-corrected chi connectivity index (χ3v) is 3.91. The van der Waals surface area contributed by atoms with Crippen LogP contribution in [0.3, 0.4) is 0 Å². The third kappa shape index (κ3) is 0.611. The highest BCUT2D eigenvalue weighted by atomic mass is 16.6. The van der Waals surface area contributed by atoms with E-state index in [1.54, 1.807) is 0 Å². The molecular formula is C9H12O2. The van der Waals surface area contributed by atoms with Gasteiger partial charge in [-0.15, -0.1) is 0 Å². The Morgan fingerprint density at radius 2 is 1.64 bits per heavy atom. The molecule has 0 unspecified atom stereocenters. The van der Waals surface area contributed by atoms with E-state index >= 15 is 0 Å². The van der Waals surface area contributed by atoms with Crippen LogP contribution in [0.4, 0.5) is 0 Å². The number of epoxide rings is 2. The van der Waals surface area contributed by atoms with Crippen molar-refractivity contribution in [2.75, 3.05) is 0 Å². The molecular weight excluding hydrogens is 140 g/mol. The van der Waals surface area contributed by atoms with E-state index < -0.39 is 0 Å². The molecule has 0 spiro atoms. The fraction of sp³-hybridized carbons (Fsp3) is 1.00. The van der Waals surface area contributed by atoms with Crippen LogP contribution >= 0.6 is 0 Å². The standard InChI is InChI=1S/C9H12O2/c1-4-2-8-9(11-8)5(4)3-7-6(1)10-7/h4-9H,1-3H2/t4-,5-,6+,7-,8-,9+/m0/s1. The summed E-state index contributed by atoms with van der Waals surface area (Å²) in [6, 6.07) is 0. The second kappa shape index (κ2) is 1.50. The molecule has 0 radical (unpaired) electrons. The van der Waals surface area contributed by atoms with Gasteiger partial charge in [-0.3, -0.25) is 0 Å². The van der Waals surface area contributed by atoms with Crippen LogP contribution < -0.4 is 0 Å². The molecule has 4 rings (SSSR count). The van der Waals surface area contributed by atoms with Crippen LogP contribution in [-0.2, 0) is 9.47 Å². The van der Waals surface area contributed by atoms with Crippen molar-refractivity contribution in [3.63, 3.8) is 0 Å². The van der Waals surface area contributed by atoms with E-state index in [0.29, 0.717) is 24.4 Å². The molecule has 2 saturated heterocycles. The summed E-state index contributed by atoms with van der Waals surface area (Å²) in [4.78, 5) is 0. The predicted octanol–water partition coefficient (Wildman–Crippen LogP) is 0.951. The zero-order valence-corrected chi connectivity index (χ0v) is 6.40. The quantitative estimate of drug-likeness (QED) is 0.483. The Morgan fingerprint density at radius 1 is 0.818 bits per heavy atom. The first kappa shape index (κ1) is 5.55. The van der Waals surface area contributed by atoms with Crippen LogP contribution in [0.15, 0.2) is 0 Å². The Balaban J connectivity index is 1.65. The lowest BCUT2D eigenvalue weighted by Crippen LogP contribution is -2.24. The van der Waals surface area contributed by atoms with Crippen molar-refractivity contribution in [3.8, 4) is 0 Å². The number of rotatable bonds is 0. The normalized spacial score (nSPS) is 69.8. The summed E-state index contributed by atoms with van der Waals surface area (Å²) in [5.41, 5.74) is 0. The average molecular weight is 152 g/mol. The van der Waals surface area contributed by atoms with Gasteiger partial charge in [0.2, 0.25) is 0 Å². The Kier molecular flexibility index (Phi) is 0.758.